The molecule has 3 heteroatoms. The van der Waals surface area contributed by atoms with Gasteiger partial charge in [0.05, 0.1) is 16.0 Å². The maximum atomic E-state index is 10.7. The van der Waals surface area contributed by atoms with Crippen molar-refractivity contribution in [3.63, 3.8) is 0 Å². The van der Waals surface area contributed by atoms with Gasteiger partial charge in [-0.2, -0.15) is 0 Å². The van der Waals surface area contributed by atoms with Crippen molar-refractivity contribution in [1.29, 1.82) is 0 Å². The van der Waals surface area contributed by atoms with Gasteiger partial charge in [-0.05, 0) is 19.3 Å². The summed E-state index contributed by atoms with van der Waals surface area (Å²) in [4.78, 5) is 10.7. The molecule has 9 heavy (non-hydrogen) atoms. The van der Waals surface area contributed by atoms with Gasteiger partial charge < -0.3 is 4.74 Å². The van der Waals surface area contributed by atoms with Gasteiger partial charge in [0, 0.05) is 6.42 Å². The van der Waals surface area contributed by atoms with Crippen LogP contribution >= 0.6 is 0 Å². The van der Waals surface area contributed by atoms with Crippen LogP contribution in [-0.2, 0) is 9.53 Å². The fourth-order valence-electron chi connectivity index (χ4n) is 1.04. The topological polar surface area (TPSA) is 26.3 Å². The Morgan fingerprint density at radius 2 is 2.33 bits per heavy atom. The zero-order valence-electron chi connectivity index (χ0n) is 5.72. The third kappa shape index (κ3) is 2.18. The first kappa shape index (κ1) is 6.80. The van der Waals surface area contributed by atoms with Gasteiger partial charge in [0.2, 0.25) is 0 Å². The minimum atomic E-state index is 0.00694. The predicted octanol–water partition coefficient (Wildman–Crippen LogP) is -0.205. The van der Waals surface area contributed by atoms with Crippen molar-refractivity contribution >= 4 is 16.2 Å². The van der Waals surface area contributed by atoms with E-state index >= 15 is 0 Å². The van der Waals surface area contributed by atoms with Crippen molar-refractivity contribution in [2.24, 2.45) is 0 Å². The average Bonchev–Trinajstić information content (AvgIpc) is 1.93. The number of hydrogen-bond donors (Lipinski definition) is 0. The van der Waals surface area contributed by atoms with Crippen LogP contribution in [0.15, 0.2) is 0 Å². The van der Waals surface area contributed by atoms with Crippen LogP contribution in [0.2, 0.25) is 0 Å². The smallest absolute Gasteiger partial charge is 0.305 e. The quantitative estimate of drug-likeness (QED) is 0.347. The molecule has 1 heterocycles. The van der Waals surface area contributed by atoms with Gasteiger partial charge in [-0.15, -0.1) is 0 Å². The van der Waals surface area contributed by atoms with Crippen molar-refractivity contribution in [1.82, 2.24) is 0 Å². The fraction of sp³-hybridized carbons (Fsp3) is 0.833. The fourth-order valence-corrected chi connectivity index (χ4v) is 1.71. The molecule has 1 saturated heterocycles. The summed E-state index contributed by atoms with van der Waals surface area (Å²) < 4.78 is 5.03. The summed E-state index contributed by atoms with van der Waals surface area (Å²) in [5.41, 5.74) is 0.292. The molecule has 1 rings (SSSR count). The summed E-state index contributed by atoms with van der Waals surface area (Å²) in [6.45, 7) is 0. The molecule has 52 valence electrons. The van der Waals surface area contributed by atoms with Gasteiger partial charge in [-0.25, -0.2) is 0 Å². The summed E-state index contributed by atoms with van der Waals surface area (Å²) in [5.74, 6) is 0.00694. The van der Waals surface area contributed by atoms with Crippen molar-refractivity contribution < 1.29 is 9.53 Å². The molecule has 1 unspecified atom stereocenters. The van der Waals surface area contributed by atoms with Crippen LogP contribution in [-0.4, -0.2) is 21.9 Å². The molecule has 0 aromatic carbocycles. The van der Waals surface area contributed by atoms with Gasteiger partial charge in [-0.1, -0.05) is 0 Å². The number of esters is 1. The molecule has 1 atom stereocenters. The number of rotatable bonds is 0. The minimum Gasteiger partial charge on any atom is -0.467 e. The first-order valence-corrected chi connectivity index (χ1v) is 4.64. The number of hydrogen-bond acceptors (Lipinski definition) is 2. The number of carbonyl (C=O) groups is 1. The Kier molecular flexibility index (Phi) is 2.27. The molecule has 0 aromatic heterocycles. The predicted molar refractivity (Wildman–Crippen MR) is 38.3 cm³/mol. The lowest BCUT2D eigenvalue weighted by molar-refractivity contribution is -0.144. The minimum absolute atomic E-state index is 0.00694. The molecule has 0 aliphatic carbocycles. The molecule has 0 bridgehead atoms. The summed E-state index contributed by atoms with van der Waals surface area (Å²) in [6.07, 6.45) is 3.92. The number of cyclic esters (lactones) is 1. The van der Waals surface area contributed by atoms with Crippen LogP contribution in [0, 0.1) is 0 Å². The lowest BCUT2D eigenvalue weighted by atomic mass is 10.2. The molecule has 0 saturated carbocycles. The van der Waals surface area contributed by atoms with Crippen LogP contribution in [0.4, 0.5) is 0 Å². The van der Waals surface area contributed by atoms with Gasteiger partial charge in [0.1, 0.15) is 0 Å². The third-order valence-electron chi connectivity index (χ3n) is 1.57. The molecule has 0 N–H and O–H groups in total. The van der Waals surface area contributed by atoms with Gasteiger partial charge in [-0.3, -0.25) is 4.79 Å². The van der Waals surface area contributed by atoms with E-state index in [1.165, 1.54) is 6.42 Å². The molecule has 0 radical (unpaired) electrons. The average molecular weight is 144 g/mol. The van der Waals surface area contributed by atoms with Gasteiger partial charge >= 0.3 is 5.97 Å². The van der Waals surface area contributed by atoms with Crippen molar-refractivity contribution in [2.45, 2.75) is 31.4 Å². The van der Waals surface area contributed by atoms with E-state index in [0.717, 1.165) is 23.1 Å². The molecule has 0 spiro atoms. The first-order valence-electron chi connectivity index (χ1n) is 3.48. The van der Waals surface area contributed by atoms with Crippen molar-refractivity contribution in [3.8, 4) is 0 Å². The second-order valence-corrected chi connectivity index (χ2v) is 3.83. The van der Waals surface area contributed by atoms with Crippen LogP contribution < -0.4 is 0 Å². The summed E-state index contributed by atoms with van der Waals surface area (Å²) in [5, 5.41) is 0. The number of ether oxygens (including phenoxy) is 1. The molecule has 0 amide bonds. The maximum absolute atomic E-state index is 10.7. The van der Waals surface area contributed by atoms with Gasteiger partial charge in [0.15, 0.2) is 0 Å². The van der Waals surface area contributed by atoms with Crippen LogP contribution in [0.5, 0.6) is 0 Å². The highest BCUT2D eigenvalue weighted by atomic mass is 28.1. The monoisotopic (exact) mass is 144 g/mol. The Bertz CT molecular complexity index is 114. The zero-order valence-corrected chi connectivity index (χ0v) is 7.72. The third-order valence-corrected chi connectivity index (χ3v) is 2.39. The zero-order chi connectivity index (χ0) is 6.69. The maximum Gasteiger partial charge on any atom is 0.305 e. The second kappa shape index (κ2) is 3.01. The highest BCUT2D eigenvalue weighted by Crippen LogP contribution is 2.11. The Morgan fingerprint density at radius 3 is 3.11 bits per heavy atom. The lowest BCUT2D eigenvalue weighted by Gasteiger charge is -2.06. The SMILES string of the molecule is O=C1CCCCC([SiH3])O1. The molecular weight excluding hydrogens is 132 g/mol. The van der Waals surface area contributed by atoms with E-state index in [4.69, 9.17) is 4.74 Å². The normalized spacial score (nSPS) is 29.3. The first-order chi connectivity index (χ1) is 4.29. The lowest BCUT2D eigenvalue weighted by Crippen LogP contribution is -2.14. The summed E-state index contributed by atoms with van der Waals surface area (Å²) >= 11 is 0. The van der Waals surface area contributed by atoms with Crippen LogP contribution in [0.1, 0.15) is 25.7 Å². The van der Waals surface area contributed by atoms with Crippen molar-refractivity contribution in [3.05, 3.63) is 0 Å². The Labute approximate surface area is 58.0 Å². The van der Waals surface area contributed by atoms with Crippen molar-refractivity contribution in [2.75, 3.05) is 0 Å². The Balaban J connectivity index is 2.37. The van der Waals surface area contributed by atoms with E-state index in [1.807, 2.05) is 0 Å². The van der Waals surface area contributed by atoms with Gasteiger partial charge in [0.25, 0.3) is 0 Å². The van der Waals surface area contributed by atoms with E-state index in [-0.39, 0.29) is 5.97 Å². The Morgan fingerprint density at radius 1 is 1.56 bits per heavy atom. The molecule has 1 aliphatic rings. The Hall–Kier alpha value is -0.313. The molecular formula is C6H12O2Si. The molecule has 2 nitrogen and oxygen atoms in total. The van der Waals surface area contributed by atoms with E-state index in [0.29, 0.717) is 12.1 Å². The van der Waals surface area contributed by atoms with E-state index in [1.54, 1.807) is 0 Å². The standard InChI is InChI=1S/C6H12O2Si/c7-5-3-1-2-4-6(9)8-5/h6H,1-4H2,9H3. The number of carbonyl (C=O) groups excluding carboxylic acids is 1. The van der Waals surface area contributed by atoms with E-state index in [9.17, 15) is 4.79 Å². The van der Waals surface area contributed by atoms with Crippen LogP contribution in [0.3, 0.4) is 0 Å². The second-order valence-electron chi connectivity index (χ2n) is 2.55. The summed E-state index contributed by atoms with van der Waals surface area (Å²) in [7, 11) is 0.994. The highest BCUT2D eigenvalue weighted by Gasteiger charge is 2.12. The molecule has 0 aromatic rings. The molecule has 1 aliphatic heterocycles. The highest BCUT2D eigenvalue weighted by molar-refractivity contribution is 6.11. The molecule has 1 fully saturated rings. The van der Waals surface area contributed by atoms with E-state index < -0.39 is 0 Å². The summed E-state index contributed by atoms with van der Waals surface area (Å²) in [6, 6.07) is 0. The largest absolute Gasteiger partial charge is 0.467 e. The van der Waals surface area contributed by atoms with E-state index in [2.05, 4.69) is 0 Å². The van der Waals surface area contributed by atoms with Crippen LogP contribution in [0.25, 0.3) is 0 Å².